The molecule has 1 saturated heterocycles. The highest BCUT2D eigenvalue weighted by Crippen LogP contribution is 2.40. The predicted octanol–water partition coefficient (Wildman–Crippen LogP) is 1.86. The third-order valence-electron chi connectivity index (χ3n) is 4.46. The average molecular weight is 284 g/mol. The fraction of sp³-hybridized carbons (Fsp3) is 0.857. The second kappa shape index (κ2) is 6.18. The van der Waals surface area contributed by atoms with Gasteiger partial charge in [0.1, 0.15) is 0 Å². The van der Waals surface area contributed by atoms with Crippen molar-refractivity contribution in [1.29, 1.82) is 0 Å². The van der Waals surface area contributed by atoms with Gasteiger partial charge in [0.25, 0.3) is 0 Å². The predicted molar refractivity (Wildman–Crippen MR) is 78.9 cm³/mol. The van der Waals surface area contributed by atoms with Gasteiger partial charge in [0.05, 0.1) is 16.5 Å². The molecule has 2 N–H and O–H groups in total. The maximum atomic E-state index is 12.8. The van der Waals surface area contributed by atoms with Crippen LogP contribution in [0.25, 0.3) is 0 Å². The van der Waals surface area contributed by atoms with Crippen molar-refractivity contribution in [2.45, 2.75) is 51.6 Å². The quantitative estimate of drug-likeness (QED) is 0.783. The van der Waals surface area contributed by atoms with Crippen LogP contribution in [-0.4, -0.2) is 41.6 Å². The Hall–Kier alpha value is -0.680. The van der Waals surface area contributed by atoms with Gasteiger partial charge in [-0.2, -0.15) is 0 Å². The first-order valence-electron chi connectivity index (χ1n) is 7.31. The van der Waals surface area contributed by atoms with Crippen LogP contribution in [0.5, 0.6) is 0 Å². The number of hydrogen-bond donors (Lipinski definition) is 1. The molecule has 1 aliphatic carbocycles. The zero-order valence-corrected chi connectivity index (χ0v) is 12.5. The summed E-state index contributed by atoms with van der Waals surface area (Å²) in [4.78, 5) is 15.1. The molecule has 1 aliphatic heterocycles. The third kappa shape index (κ3) is 2.92. The van der Waals surface area contributed by atoms with Crippen LogP contribution in [0.1, 0.15) is 45.4 Å². The van der Waals surface area contributed by atoms with Crippen LogP contribution in [0.2, 0.25) is 0 Å². The minimum atomic E-state index is -0.579. The fourth-order valence-electron chi connectivity index (χ4n) is 3.24. The Morgan fingerprint density at radius 2 is 2.11 bits per heavy atom. The normalized spacial score (nSPS) is 25.4. The van der Waals surface area contributed by atoms with E-state index in [4.69, 9.17) is 22.7 Å². The monoisotopic (exact) mass is 284 g/mol. The van der Waals surface area contributed by atoms with Gasteiger partial charge in [0.15, 0.2) is 0 Å². The molecular formula is C14H24N2O2S. The van der Waals surface area contributed by atoms with E-state index in [2.05, 4.69) is 0 Å². The third-order valence-corrected chi connectivity index (χ3v) is 4.85. The van der Waals surface area contributed by atoms with Crippen molar-refractivity contribution in [2.24, 2.45) is 11.1 Å². The van der Waals surface area contributed by atoms with E-state index < -0.39 is 5.41 Å². The summed E-state index contributed by atoms with van der Waals surface area (Å²) in [5.74, 6) is 0.121. The van der Waals surface area contributed by atoms with Gasteiger partial charge in [0, 0.05) is 19.7 Å². The molecule has 4 nitrogen and oxygen atoms in total. The maximum absolute atomic E-state index is 12.8. The summed E-state index contributed by atoms with van der Waals surface area (Å²) in [6, 6.07) is 0. The number of thiocarbonyl (C=S) groups is 1. The Morgan fingerprint density at radius 3 is 2.58 bits per heavy atom. The van der Waals surface area contributed by atoms with E-state index in [-0.39, 0.29) is 12.0 Å². The number of nitrogens with two attached hydrogens (primary N) is 1. The van der Waals surface area contributed by atoms with Gasteiger partial charge in [-0.15, -0.1) is 0 Å². The summed E-state index contributed by atoms with van der Waals surface area (Å²) in [7, 11) is 0. The van der Waals surface area contributed by atoms with Crippen molar-refractivity contribution in [3.05, 3.63) is 0 Å². The highest BCUT2D eigenvalue weighted by Gasteiger charge is 2.46. The molecule has 0 radical (unpaired) electrons. The summed E-state index contributed by atoms with van der Waals surface area (Å²) >= 11 is 5.19. The average Bonchev–Trinajstić information content (AvgIpc) is 3.06. The number of likely N-dealkylation sites (N-methyl/N-ethyl adjacent to an activating group) is 1. The fourth-order valence-corrected chi connectivity index (χ4v) is 3.53. The van der Waals surface area contributed by atoms with Crippen molar-refractivity contribution < 1.29 is 9.53 Å². The molecule has 0 aromatic heterocycles. The largest absolute Gasteiger partial charge is 0.392 e. The molecule has 0 aromatic carbocycles. The van der Waals surface area contributed by atoms with Gasteiger partial charge in [-0.1, -0.05) is 25.1 Å². The molecule has 1 amide bonds. The molecule has 2 fully saturated rings. The summed E-state index contributed by atoms with van der Waals surface area (Å²) in [6.07, 6.45) is 6.03. The summed E-state index contributed by atoms with van der Waals surface area (Å²) in [5.41, 5.74) is 5.31. The van der Waals surface area contributed by atoms with Crippen LogP contribution in [-0.2, 0) is 9.53 Å². The van der Waals surface area contributed by atoms with E-state index in [1.54, 1.807) is 0 Å². The lowest BCUT2D eigenvalue weighted by Gasteiger charge is -2.34. The molecule has 2 rings (SSSR count). The number of amides is 1. The van der Waals surface area contributed by atoms with Crippen LogP contribution in [0.3, 0.4) is 0 Å². The van der Waals surface area contributed by atoms with Crippen molar-refractivity contribution in [3.63, 3.8) is 0 Å². The number of nitrogens with zero attached hydrogens (tertiary/aromatic N) is 1. The first-order chi connectivity index (χ1) is 9.10. The van der Waals surface area contributed by atoms with E-state index in [0.29, 0.717) is 18.1 Å². The van der Waals surface area contributed by atoms with Crippen LogP contribution in [0.15, 0.2) is 0 Å². The van der Waals surface area contributed by atoms with Crippen LogP contribution < -0.4 is 5.73 Å². The molecule has 1 saturated carbocycles. The van der Waals surface area contributed by atoms with Gasteiger partial charge in [-0.25, -0.2) is 0 Å². The molecule has 19 heavy (non-hydrogen) atoms. The topological polar surface area (TPSA) is 55.6 Å². The minimum absolute atomic E-state index is 0.121. The number of rotatable bonds is 5. The lowest BCUT2D eigenvalue weighted by atomic mass is 9.84. The zero-order chi connectivity index (χ0) is 13.9. The summed E-state index contributed by atoms with van der Waals surface area (Å²) in [6.45, 7) is 4.20. The Kier molecular flexibility index (Phi) is 4.79. The molecule has 1 unspecified atom stereocenters. The molecule has 5 heteroatoms. The number of carbonyl (C=O) groups excluding carboxylic acids is 1. The molecule has 0 aromatic rings. The van der Waals surface area contributed by atoms with Gasteiger partial charge >= 0.3 is 0 Å². The van der Waals surface area contributed by atoms with E-state index in [9.17, 15) is 4.79 Å². The lowest BCUT2D eigenvalue weighted by Crippen LogP contribution is -2.50. The molecule has 2 aliphatic rings. The second-order valence-electron chi connectivity index (χ2n) is 5.63. The van der Waals surface area contributed by atoms with E-state index in [1.807, 2.05) is 11.8 Å². The van der Waals surface area contributed by atoms with E-state index in [1.165, 1.54) is 0 Å². The Labute approximate surface area is 120 Å². The second-order valence-corrected chi connectivity index (χ2v) is 6.07. The molecule has 1 atom stereocenters. The summed E-state index contributed by atoms with van der Waals surface area (Å²) < 4.78 is 5.63. The SMILES string of the molecule is CCN(CC1CCCO1)C(=O)C1(C(N)=S)CCCC1. The van der Waals surface area contributed by atoms with Gasteiger partial charge in [-0.05, 0) is 32.6 Å². The van der Waals surface area contributed by atoms with Gasteiger partial charge < -0.3 is 15.4 Å². The van der Waals surface area contributed by atoms with Crippen LogP contribution in [0.4, 0.5) is 0 Å². The molecule has 108 valence electrons. The summed E-state index contributed by atoms with van der Waals surface area (Å²) in [5, 5.41) is 0. The maximum Gasteiger partial charge on any atom is 0.235 e. The van der Waals surface area contributed by atoms with Crippen molar-refractivity contribution in [3.8, 4) is 0 Å². The van der Waals surface area contributed by atoms with Crippen molar-refractivity contribution in [2.75, 3.05) is 19.7 Å². The van der Waals surface area contributed by atoms with Crippen LogP contribution >= 0.6 is 12.2 Å². The number of hydrogen-bond acceptors (Lipinski definition) is 3. The zero-order valence-electron chi connectivity index (χ0n) is 11.7. The Bertz CT molecular complexity index is 347. The van der Waals surface area contributed by atoms with E-state index in [0.717, 1.165) is 45.1 Å². The molecule has 1 heterocycles. The number of ether oxygens (including phenoxy) is 1. The highest BCUT2D eigenvalue weighted by molar-refractivity contribution is 7.80. The Balaban J connectivity index is 2.07. The molecule has 0 spiro atoms. The lowest BCUT2D eigenvalue weighted by molar-refractivity contribution is -0.139. The first-order valence-corrected chi connectivity index (χ1v) is 7.72. The molecule has 0 bridgehead atoms. The van der Waals surface area contributed by atoms with Crippen molar-refractivity contribution in [1.82, 2.24) is 4.90 Å². The smallest absolute Gasteiger partial charge is 0.235 e. The Morgan fingerprint density at radius 1 is 1.42 bits per heavy atom. The van der Waals surface area contributed by atoms with Gasteiger partial charge in [-0.3, -0.25) is 4.79 Å². The highest BCUT2D eigenvalue weighted by atomic mass is 32.1. The first kappa shape index (κ1) is 14.7. The number of carbonyl (C=O) groups is 1. The standard InChI is InChI=1S/C14H24N2O2S/c1-2-16(10-11-6-5-9-18-11)13(17)14(12(15)19)7-3-4-8-14/h11H,2-10H2,1H3,(H2,15,19). The van der Waals surface area contributed by atoms with Crippen LogP contribution in [0, 0.1) is 5.41 Å². The van der Waals surface area contributed by atoms with E-state index >= 15 is 0 Å². The van der Waals surface area contributed by atoms with Crippen molar-refractivity contribution >= 4 is 23.1 Å². The minimum Gasteiger partial charge on any atom is -0.392 e. The van der Waals surface area contributed by atoms with Gasteiger partial charge in [0.2, 0.25) is 5.91 Å². The molecular weight excluding hydrogens is 260 g/mol.